The van der Waals surface area contributed by atoms with Crippen LogP contribution in [0.3, 0.4) is 0 Å². The standard InChI is InChI=1S/C12H21NO3/c1-3-12(13-9-14)7-5-11(6-8-12)16-10-15-4-2/h11H,3-8,10H2,1-2H3. The van der Waals surface area contributed by atoms with E-state index in [4.69, 9.17) is 9.47 Å². The Kier molecular flexibility index (Phi) is 5.67. The van der Waals surface area contributed by atoms with Crippen molar-refractivity contribution in [3.8, 4) is 0 Å². The monoisotopic (exact) mass is 227 g/mol. The van der Waals surface area contributed by atoms with Gasteiger partial charge in [-0.1, -0.05) is 6.92 Å². The van der Waals surface area contributed by atoms with Gasteiger partial charge in [0.25, 0.3) is 0 Å². The molecular weight excluding hydrogens is 206 g/mol. The van der Waals surface area contributed by atoms with Crippen molar-refractivity contribution in [2.24, 2.45) is 4.99 Å². The fourth-order valence-electron chi connectivity index (χ4n) is 2.16. The molecular formula is C12H21NO3. The van der Waals surface area contributed by atoms with Crippen LogP contribution < -0.4 is 0 Å². The summed E-state index contributed by atoms with van der Waals surface area (Å²) in [6.07, 6.45) is 6.59. The molecule has 1 fully saturated rings. The van der Waals surface area contributed by atoms with Crippen molar-refractivity contribution in [3.05, 3.63) is 0 Å². The van der Waals surface area contributed by atoms with Gasteiger partial charge in [0.2, 0.25) is 6.08 Å². The van der Waals surface area contributed by atoms with E-state index in [0.29, 0.717) is 13.4 Å². The van der Waals surface area contributed by atoms with Crippen molar-refractivity contribution in [1.29, 1.82) is 0 Å². The second-order valence-electron chi connectivity index (χ2n) is 4.26. The molecule has 4 heteroatoms. The summed E-state index contributed by atoms with van der Waals surface area (Å²) >= 11 is 0. The fourth-order valence-corrected chi connectivity index (χ4v) is 2.16. The zero-order valence-electron chi connectivity index (χ0n) is 10.2. The fraction of sp³-hybridized carbons (Fsp3) is 0.917. The van der Waals surface area contributed by atoms with Gasteiger partial charge in [0.15, 0.2) is 0 Å². The molecule has 0 bridgehead atoms. The van der Waals surface area contributed by atoms with Gasteiger partial charge in [-0.2, -0.15) is 4.99 Å². The van der Waals surface area contributed by atoms with Crippen molar-refractivity contribution < 1.29 is 14.3 Å². The molecule has 0 unspecified atom stereocenters. The highest BCUT2D eigenvalue weighted by Crippen LogP contribution is 2.35. The molecule has 0 N–H and O–H groups in total. The van der Waals surface area contributed by atoms with E-state index in [9.17, 15) is 4.79 Å². The number of nitrogens with zero attached hydrogens (tertiary/aromatic N) is 1. The SMILES string of the molecule is CCOCOC1CCC(CC)(N=C=O)CC1. The van der Waals surface area contributed by atoms with Gasteiger partial charge in [0.1, 0.15) is 6.79 Å². The summed E-state index contributed by atoms with van der Waals surface area (Å²) < 4.78 is 10.7. The average Bonchev–Trinajstić information content (AvgIpc) is 2.32. The Hall–Kier alpha value is -0.700. The molecule has 16 heavy (non-hydrogen) atoms. The summed E-state index contributed by atoms with van der Waals surface area (Å²) in [4.78, 5) is 14.4. The normalized spacial score (nSPS) is 29.8. The zero-order valence-corrected chi connectivity index (χ0v) is 10.2. The highest BCUT2D eigenvalue weighted by Gasteiger charge is 2.33. The summed E-state index contributed by atoms with van der Waals surface area (Å²) in [5.74, 6) is 0. The second kappa shape index (κ2) is 6.79. The van der Waals surface area contributed by atoms with Gasteiger partial charge < -0.3 is 9.47 Å². The average molecular weight is 227 g/mol. The minimum atomic E-state index is -0.173. The van der Waals surface area contributed by atoms with Crippen LogP contribution in [-0.2, 0) is 14.3 Å². The number of isocyanates is 1. The number of ether oxygens (including phenoxy) is 2. The maximum atomic E-state index is 10.4. The third-order valence-electron chi connectivity index (χ3n) is 3.40. The van der Waals surface area contributed by atoms with Gasteiger partial charge in [-0.25, -0.2) is 4.79 Å². The number of aliphatic imine (C=N–C) groups is 1. The van der Waals surface area contributed by atoms with Gasteiger partial charge in [0, 0.05) is 6.61 Å². The van der Waals surface area contributed by atoms with Gasteiger partial charge in [0.05, 0.1) is 11.6 Å². The topological polar surface area (TPSA) is 47.9 Å². The van der Waals surface area contributed by atoms with Crippen LogP contribution in [0.25, 0.3) is 0 Å². The first kappa shape index (κ1) is 13.4. The molecule has 4 nitrogen and oxygen atoms in total. The molecule has 0 aromatic carbocycles. The molecule has 0 heterocycles. The summed E-state index contributed by atoms with van der Waals surface area (Å²) in [6.45, 7) is 5.08. The van der Waals surface area contributed by atoms with E-state index in [2.05, 4.69) is 11.9 Å². The third-order valence-corrected chi connectivity index (χ3v) is 3.40. The summed E-state index contributed by atoms with van der Waals surface area (Å²) in [6, 6.07) is 0. The quantitative estimate of drug-likeness (QED) is 0.303. The number of hydrogen-bond donors (Lipinski definition) is 0. The Bertz CT molecular complexity index is 241. The molecule has 0 amide bonds. The summed E-state index contributed by atoms with van der Waals surface area (Å²) in [5.41, 5.74) is -0.173. The van der Waals surface area contributed by atoms with Crippen molar-refractivity contribution in [2.45, 2.75) is 57.6 Å². The molecule has 0 radical (unpaired) electrons. The molecule has 1 aliphatic carbocycles. The highest BCUT2D eigenvalue weighted by molar-refractivity contribution is 5.35. The predicted molar refractivity (Wildman–Crippen MR) is 61.0 cm³/mol. The molecule has 92 valence electrons. The van der Waals surface area contributed by atoms with Crippen LogP contribution in [0.2, 0.25) is 0 Å². The Morgan fingerprint density at radius 2 is 2.06 bits per heavy atom. The molecule has 0 aromatic rings. The predicted octanol–water partition coefficient (Wildman–Crippen LogP) is 2.42. The van der Waals surface area contributed by atoms with Gasteiger partial charge >= 0.3 is 0 Å². The lowest BCUT2D eigenvalue weighted by molar-refractivity contribution is -0.0997. The number of hydrogen-bond acceptors (Lipinski definition) is 4. The minimum absolute atomic E-state index is 0.173. The van der Waals surface area contributed by atoms with E-state index >= 15 is 0 Å². The smallest absolute Gasteiger partial charge is 0.235 e. The molecule has 1 rings (SSSR count). The Morgan fingerprint density at radius 3 is 2.56 bits per heavy atom. The maximum absolute atomic E-state index is 10.4. The lowest BCUT2D eigenvalue weighted by Crippen LogP contribution is -2.34. The van der Waals surface area contributed by atoms with E-state index in [1.54, 1.807) is 6.08 Å². The van der Waals surface area contributed by atoms with Crippen molar-refractivity contribution in [2.75, 3.05) is 13.4 Å². The minimum Gasteiger partial charge on any atom is -0.356 e. The van der Waals surface area contributed by atoms with Crippen molar-refractivity contribution >= 4 is 6.08 Å². The van der Waals surface area contributed by atoms with E-state index in [-0.39, 0.29) is 11.6 Å². The van der Waals surface area contributed by atoms with E-state index in [0.717, 1.165) is 32.1 Å². The van der Waals surface area contributed by atoms with Crippen molar-refractivity contribution in [3.63, 3.8) is 0 Å². The van der Waals surface area contributed by atoms with Crippen LogP contribution in [0, 0.1) is 0 Å². The van der Waals surface area contributed by atoms with E-state index in [1.807, 2.05) is 6.92 Å². The van der Waals surface area contributed by atoms with Gasteiger partial charge in [-0.3, -0.25) is 0 Å². The summed E-state index contributed by atoms with van der Waals surface area (Å²) in [5, 5.41) is 0. The molecule has 0 aliphatic heterocycles. The molecule has 0 atom stereocenters. The highest BCUT2D eigenvalue weighted by atomic mass is 16.7. The van der Waals surface area contributed by atoms with Crippen LogP contribution in [0.4, 0.5) is 0 Å². The molecule has 0 aromatic heterocycles. The Morgan fingerprint density at radius 1 is 1.38 bits per heavy atom. The first-order valence-corrected chi connectivity index (χ1v) is 6.04. The number of carbonyl (C=O) groups excluding carboxylic acids is 1. The third kappa shape index (κ3) is 3.71. The molecule has 0 saturated heterocycles. The maximum Gasteiger partial charge on any atom is 0.235 e. The Balaban J connectivity index is 2.34. The number of rotatable bonds is 6. The van der Waals surface area contributed by atoms with Crippen LogP contribution >= 0.6 is 0 Å². The lowest BCUT2D eigenvalue weighted by atomic mass is 9.79. The Labute approximate surface area is 97.0 Å². The molecule has 1 aliphatic rings. The van der Waals surface area contributed by atoms with Gasteiger partial charge in [-0.15, -0.1) is 0 Å². The first-order valence-electron chi connectivity index (χ1n) is 6.04. The lowest BCUT2D eigenvalue weighted by Gasteiger charge is -2.35. The van der Waals surface area contributed by atoms with E-state index < -0.39 is 0 Å². The zero-order chi connectivity index (χ0) is 11.9. The largest absolute Gasteiger partial charge is 0.356 e. The van der Waals surface area contributed by atoms with Crippen LogP contribution in [-0.4, -0.2) is 31.1 Å². The van der Waals surface area contributed by atoms with Gasteiger partial charge in [-0.05, 0) is 39.0 Å². The first-order chi connectivity index (χ1) is 7.76. The molecule has 0 spiro atoms. The second-order valence-corrected chi connectivity index (χ2v) is 4.26. The van der Waals surface area contributed by atoms with Crippen LogP contribution in [0.1, 0.15) is 46.0 Å². The summed E-state index contributed by atoms with van der Waals surface area (Å²) in [7, 11) is 0. The van der Waals surface area contributed by atoms with E-state index in [1.165, 1.54) is 0 Å². The molecule has 1 saturated carbocycles. The van der Waals surface area contributed by atoms with Crippen LogP contribution in [0.15, 0.2) is 4.99 Å². The van der Waals surface area contributed by atoms with Crippen LogP contribution in [0.5, 0.6) is 0 Å². The van der Waals surface area contributed by atoms with Crippen molar-refractivity contribution in [1.82, 2.24) is 0 Å².